The fourth-order valence-electron chi connectivity index (χ4n) is 2.46. The second-order valence-corrected chi connectivity index (χ2v) is 5.90. The Kier molecular flexibility index (Phi) is 6.91. The van der Waals surface area contributed by atoms with Crippen molar-refractivity contribution in [2.24, 2.45) is 0 Å². The number of hydrogen-bond acceptors (Lipinski definition) is 6. The lowest BCUT2D eigenvalue weighted by Gasteiger charge is -2.16. The quantitative estimate of drug-likeness (QED) is 0.528. The zero-order chi connectivity index (χ0) is 20.7. The molecule has 0 heterocycles. The van der Waals surface area contributed by atoms with Crippen LogP contribution in [-0.4, -0.2) is 37.0 Å². The van der Waals surface area contributed by atoms with Crippen LogP contribution in [0.25, 0.3) is 0 Å². The number of amides is 2. The molecule has 28 heavy (non-hydrogen) atoms. The van der Waals surface area contributed by atoms with Gasteiger partial charge in [-0.3, -0.25) is 19.7 Å². The van der Waals surface area contributed by atoms with Crippen molar-refractivity contribution < 1.29 is 24.0 Å². The Balaban J connectivity index is 1.99. The number of carbonyl (C=O) groups is 2. The van der Waals surface area contributed by atoms with Gasteiger partial charge < -0.3 is 20.1 Å². The van der Waals surface area contributed by atoms with Gasteiger partial charge in [-0.25, -0.2) is 0 Å². The highest BCUT2D eigenvalue weighted by Crippen LogP contribution is 2.23. The highest BCUT2D eigenvalue weighted by molar-refractivity contribution is 5.97. The van der Waals surface area contributed by atoms with E-state index in [-0.39, 0.29) is 17.8 Å². The van der Waals surface area contributed by atoms with Crippen LogP contribution >= 0.6 is 0 Å². The Morgan fingerprint density at radius 1 is 1.14 bits per heavy atom. The lowest BCUT2D eigenvalue weighted by Crippen LogP contribution is -2.44. The molecule has 2 aromatic carbocycles. The van der Waals surface area contributed by atoms with Gasteiger partial charge in [-0.2, -0.15) is 0 Å². The fourth-order valence-corrected chi connectivity index (χ4v) is 2.46. The van der Waals surface area contributed by atoms with Gasteiger partial charge in [-0.15, -0.1) is 0 Å². The molecule has 0 saturated heterocycles. The maximum atomic E-state index is 12.3. The predicted octanol–water partition coefficient (Wildman–Crippen LogP) is 2.05. The van der Waals surface area contributed by atoms with Crippen LogP contribution in [0.3, 0.4) is 0 Å². The summed E-state index contributed by atoms with van der Waals surface area (Å²) in [5.74, 6) is 0.223. The number of nitrogens with one attached hydrogen (secondary N) is 2. The number of rotatable bonds is 8. The minimum absolute atomic E-state index is 0.100. The van der Waals surface area contributed by atoms with Gasteiger partial charge in [0.25, 0.3) is 11.6 Å². The number of carbonyl (C=O) groups excluding carboxylic acids is 2. The third-order valence-electron chi connectivity index (χ3n) is 4.00. The van der Waals surface area contributed by atoms with Gasteiger partial charge >= 0.3 is 0 Å². The van der Waals surface area contributed by atoms with E-state index in [0.29, 0.717) is 17.1 Å². The van der Waals surface area contributed by atoms with Gasteiger partial charge in [-0.1, -0.05) is 6.07 Å². The molecule has 2 N–H and O–H groups in total. The Morgan fingerprint density at radius 2 is 1.89 bits per heavy atom. The standard InChI is InChI=1S/C19H21N3O6/c1-12(21-19(24)13-5-4-6-15(9-13)22(25)26)18(23)20-11-14-10-16(27-2)7-8-17(14)28-3/h4-10,12H,11H2,1-3H3,(H,20,23)(H,21,24). The first kappa shape index (κ1) is 20.7. The molecule has 0 aliphatic heterocycles. The number of nitro groups is 1. The molecular weight excluding hydrogens is 366 g/mol. The molecule has 0 aromatic heterocycles. The Hall–Kier alpha value is -3.62. The number of methoxy groups -OCH3 is 2. The first-order valence-corrected chi connectivity index (χ1v) is 8.39. The number of benzene rings is 2. The molecule has 2 amide bonds. The van der Waals surface area contributed by atoms with Crippen LogP contribution < -0.4 is 20.1 Å². The van der Waals surface area contributed by atoms with E-state index in [2.05, 4.69) is 10.6 Å². The highest BCUT2D eigenvalue weighted by Gasteiger charge is 2.18. The average Bonchev–Trinajstić information content (AvgIpc) is 2.71. The van der Waals surface area contributed by atoms with Gasteiger partial charge in [0.2, 0.25) is 5.91 Å². The molecule has 148 valence electrons. The van der Waals surface area contributed by atoms with Crippen LogP contribution in [0.4, 0.5) is 5.69 Å². The lowest BCUT2D eigenvalue weighted by atomic mass is 10.1. The van der Waals surface area contributed by atoms with Crippen LogP contribution in [-0.2, 0) is 11.3 Å². The minimum Gasteiger partial charge on any atom is -0.497 e. The molecule has 0 radical (unpaired) electrons. The van der Waals surface area contributed by atoms with Gasteiger partial charge in [0, 0.05) is 29.8 Å². The second-order valence-electron chi connectivity index (χ2n) is 5.90. The van der Waals surface area contributed by atoms with Gasteiger partial charge in [0.15, 0.2) is 0 Å². The minimum atomic E-state index is -0.844. The molecule has 0 spiro atoms. The van der Waals surface area contributed by atoms with Crippen LogP contribution in [0, 0.1) is 10.1 Å². The normalized spacial score (nSPS) is 11.2. The van der Waals surface area contributed by atoms with E-state index in [1.54, 1.807) is 18.2 Å². The summed E-state index contributed by atoms with van der Waals surface area (Å²) in [7, 11) is 3.06. The van der Waals surface area contributed by atoms with Gasteiger partial charge in [0.1, 0.15) is 17.5 Å². The number of nitro benzene ring substituents is 1. The maximum Gasteiger partial charge on any atom is 0.270 e. The monoisotopic (exact) mass is 387 g/mol. The van der Waals surface area contributed by atoms with E-state index >= 15 is 0 Å². The predicted molar refractivity (Wildman–Crippen MR) is 101 cm³/mol. The summed E-state index contributed by atoms with van der Waals surface area (Å²) in [6.45, 7) is 1.70. The van der Waals surface area contributed by atoms with Crippen molar-refractivity contribution in [2.45, 2.75) is 19.5 Å². The van der Waals surface area contributed by atoms with Crippen molar-refractivity contribution in [3.63, 3.8) is 0 Å². The zero-order valence-corrected chi connectivity index (χ0v) is 15.7. The number of hydrogen-bond donors (Lipinski definition) is 2. The topological polar surface area (TPSA) is 120 Å². The number of nitrogens with zero attached hydrogens (tertiary/aromatic N) is 1. The Bertz CT molecular complexity index is 884. The molecule has 0 aliphatic rings. The molecular formula is C19H21N3O6. The van der Waals surface area contributed by atoms with Crippen molar-refractivity contribution in [3.8, 4) is 11.5 Å². The van der Waals surface area contributed by atoms with E-state index in [0.717, 1.165) is 6.07 Å². The first-order valence-electron chi connectivity index (χ1n) is 8.39. The van der Waals surface area contributed by atoms with Crippen molar-refractivity contribution in [1.29, 1.82) is 0 Å². The maximum absolute atomic E-state index is 12.3. The largest absolute Gasteiger partial charge is 0.497 e. The molecule has 2 rings (SSSR count). The van der Waals surface area contributed by atoms with Crippen LogP contribution in [0.15, 0.2) is 42.5 Å². The Labute approximate surface area is 161 Å². The third kappa shape index (κ3) is 5.19. The van der Waals surface area contributed by atoms with E-state index in [4.69, 9.17) is 9.47 Å². The zero-order valence-electron chi connectivity index (χ0n) is 15.7. The number of non-ortho nitro benzene ring substituents is 1. The van der Waals surface area contributed by atoms with Crippen molar-refractivity contribution in [1.82, 2.24) is 10.6 Å². The van der Waals surface area contributed by atoms with Crippen molar-refractivity contribution >= 4 is 17.5 Å². The SMILES string of the molecule is COc1ccc(OC)c(CNC(=O)C(C)NC(=O)c2cccc([N+](=O)[O-])c2)c1. The first-order chi connectivity index (χ1) is 13.3. The van der Waals surface area contributed by atoms with E-state index in [9.17, 15) is 19.7 Å². The average molecular weight is 387 g/mol. The smallest absolute Gasteiger partial charge is 0.270 e. The second kappa shape index (κ2) is 9.36. The van der Waals surface area contributed by atoms with Crippen LogP contribution in [0.1, 0.15) is 22.8 Å². The fraction of sp³-hybridized carbons (Fsp3) is 0.263. The molecule has 0 saturated carbocycles. The summed E-state index contributed by atoms with van der Waals surface area (Å²) in [4.78, 5) is 34.8. The summed E-state index contributed by atoms with van der Waals surface area (Å²) in [6, 6.07) is 9.66. The number of ether oxygens (including phenoxy) is 2. The van der Waals surface area contributed by atoms with E-state index in [1.165, 1.54) is 39.3 Å². The third-order valence-corrected chi connectivity index (χ3v) is 4.00. The van der Waals surface area contributed by atoms with Crippen LogP contribution in [0.5, 0.6) is 11.5 Å². The Morgan fingerprint density at radius 3 is 2.54 bits per heavy atom. The summed E-state index contributed by atoms with van der Waals surface area (Å²) in [6.07, 6.45) is 0. The molecule has 9 heteroatoms. The van der Waals surface area contributed by atoms with Crippen molar-refractivity contribution in [3.05, 3.63) is 63.7 Å². The summed E-state index contributed by atoms with van der Waals surface area (Å²) < 4.78 is 10.4. The molecule has 0 bridgehead atoms. The summed E-state index contributed by atoms with van der Waals surface area (Å²) in [5, 5.41) is 16.0. The van der Waals surface area contributed by atoms with Gasteiger partial charge in [-0.05, 0) is 31.2 Å². The molecule has 1 unspecified atom stereocenters. The molecule has 9 nitrogen and oxygen atoms in total. The molecule has 0 aliphatic carbocycles. The van der Waals surface area contributed by atoms with Crippen LogP contribution in [0.2, 0.25) is 0 Å². The molecule has 2 aromatic rings. The molecule has 0 fully saturated rings. The van der Waals surface area contributed by atoms with Gasteiger partial charge in [0.05, 0.1) is 19.1 Å². The summed E-state index contributed by atoms with van der Waals surface area (Å²) >= 11 is 0. The highest BCUT2D eigenvalue weighted by atomic mass is 16.6. The summed E-state index contributed by atoms with van der Waals surface area (Å²) in [5.41, 5.74) is 0.616. The van der Waals surface area contributed by atoms with E-state index < -0.39 is 22.8 Å². The molecule has 1 atom stereocenters. The van der Waals surface area contributed by atoms with Crippen molar-refractivity contribution in [2.75, 3.05) is 14.2 Å². The lowest BCUT2D eigenvalue weighted by molar-refractivity contribution is -0.384. The van der Waals surface area contributed by atoms with E-state index in [1.807, 2.05) is 0 Å².